The van der Waals surface area contributed by atoms with E-state index in [4.69, 9.17) is 4.74 Å². The van der Waals surface area contributed by atoms with Gasteiger partial charge in [0.05, 0.1) is 0 Å². The minimum atomic E-state index is 0.106. The molecule has 156 valence electrons. The number of benzene rings is 5. The molecule has 0 radical (unpaired) electrons. The van der Waals surface area contributed by atoms with Crippen LogP contribution in [0.1, 0.15) is 11.5 Å². The molecule has 0 spiro atoms. The molecule has 1 aliphatic carbocycles. The van der Waals surface area contributed by atoms with E-state index in [2.05, 4.69) is 121 Å². The minimum Gasteiger partial charge on any atom is -0.485 e. The monoisotopic (exact) mass is 422 g/mol. The van der Waals surface area contributed by atoms with Crippen molar-refractivity contribution in [3.63, 3.8) is 0 Å². The van der Waals surface area contributed by atoms with Crippen LogP contribution in [-0.2, 0) is 0 Å². The Bertz CT molecular complexity index is 1530. The first-order chi connectivity index (χ1) is 16.4. The van der Waals surface area contributed by atoms with Crippen LogP contribution in [0, 0.1) is 0 Å². The van der Waals surface area contributed by atoms with E-state index in [0.717, 1.165) is 5.75 Å². The topological polar surface area (TPSA) is 9.23 Å². The van der Waals surface area contributed by atoms with Crippen LogP contribution in [0.25, 0.3) is 43.8 Å². The minimum absolute atomic E-state index is 0.106. The SMILES string of the molecule is C1=CC2Oc3ccc(-c4c5ccccc5c(-c5ccccc5)c5ccccc45)cc3C2C=C1. The summed E-state index contributed by atoms with van der Waals surface area (Å²) in [4.78, 5) is 0. The van der Waals surface area contributed by atoms with Crippen molar-refractivity contribution >= 4 is 21.5 Å². The summed E-state index contributed by atoms with van der Waals surface area (Å²) in [6.07, 6.45) is 8.73. The first kappa shape index (κ1) is 18.5. The Labute approximate surface area is 193 Å². The fourth-order valence-electron chi connectivity index (χ4n) is 5.55. The van der Waals surface area contributed by atoms with Gasteiger partial charge in [-0.2, -0.15) is 0 Å². The molecule has 1 nitrogen and oxygen atoms in total. The molecule has 0 aromatic heterocycles. The molecule has 0 saturated carbocycles. The summed E-state index contributed by atoms with van der Waals surface area (Å²) in [5.41, 5.74) is 6.37. The fraction of sp³-hybridized carbons (Fsp3) is 0.0625. The van der Waals surface area contributed by atoms with Crippen LogP contribution >= 0.6 is 0 Å². The largest absolute Gasteiger partial charge is 0.485 e. The summed E-state index contributed by atoms with van der Waals surface area (Å²) in [5.74, 6) is 1.28. The molecule has 1 aliphatic heterocycles. The normalized spacial score (nSPS) is 18.3. The van der Waals surface area contributed by atoms with E-state index >= 15 is 0 Å². The van der Waals surface area contributed by atoms with Crippen molar-refractivity contribution in [1.82, 2.24) is 0 Å². The van der Waals surface area contributed by atoms with E-state index in [1.165, 1.54) is 49.4 Å². The van der Waals surface area contributed by atoms with Gasteiger partial charge in [-0.15, -0.1) is 0 Å². The highest BCUT2D eigenvalue weighted by molar-refractivity contribution is 6.21. The molecule has 33 heavy (non-hydrogen) atoms. The Morgan fingerprint density at radius 3 is 1.76 bits per heavy atom. The van der Waals surface area contributed by atoms with Gasteiger partial charge in [-0.3, -0.25) is 0 Å². The molecule has 0 N–H and O–H groups in total. The number of ether oxygens (including phenoxy) is 1. The van der Waals surface area contributed by atoms with E-state index in [-0.39, 0.29) is 12.0 Å². The van der Waals surface area contributed by atoms with Gasteiger partial charge in [-0.1, -0.05) is 103 Å². The van der Waals surface area contributed by atoms with Crippen molar-refractivity contribution < 1.29 is 4.74 Å². The van der Waals surface area contributed by atoms with Crippen LogP contribution in [0.5, 0.6) is 5.75 Å². The predicted octanol–water partition coefficient (Wildman–Crippen LogP) is 8.30. The standard InChI is InChI=1S/C32H22O/c1-2-10-21(11-3-1)31-24-13-4-6-15-26(24)32(27-16-7-5-14-25(27)31)22-18-19-30-28(20-22)23-12-8-9-17-29(23)33-30/h1-20,23,29H. The first-order valence-corrected chi connectivity index (χ1v) is 11.5. The lowest BCUT2D eigenvalue weighted by Gasteiger charge is -2.18. The van der Waals surface area contributed by atoms with E-state index in [1.54, 1.807) is 0 Å². The molecule has 1 heteroatoms. The Morgan fingerprint density at radius 1 is 0.515 bits per heavy atom. The summed E-state index contributed by atoms with van der Waals surface area (Å²) in [7, 11) is 0. The molecule has 0 saturated heterocycles. The van der Waals surface area contributed by atoms with Gasteiger partial charge in [-0.05, 0) is 62.0 Å². The van der Waals surface area contributed by atoms with Crippen molar-refractivity contribution in [3.05, 3.63) is 127 Å². The van der Waals surface area contributed by atoms with Crippen molar-refractivity contribution in [1.29, 1.82) is 0 Å². The van der Waals surface area contributed by atoms with Crippen LogP contribution in [0.3, 0.4) is 0 Å². The zero-order valence-corrected chi connectivity index (χ0v) is 18.1. The second kappa shape index (κ2) is 7.21. The third-order valence-electron chi connectivity index (χ3n) is 7.00. The predicted molar refractivity (Wildman–Crippen MR) is 138 cm³/mol. The van der Waals surface area contributed by atoms with E-state index in [0.29, 0.717) is 0 Å². The highest BCUT2D eigenvalue weighted by Crippen LogP contribution is 2.47. The molecule has 5 aromatic carbocycles. The van der Waals surface area contributed by atoms with Gasteiger partial charge in [0.2, 0.25) is 0 Å². The lowest BCUT2D eigenvalue weighted by Crippen LogP contribution is -2.15. The van der Waals surface area contributed by atoms with Gasteiger partial charge < -0.3 is 4.74 Å². The lowest BCUT2D eigenvalue weighted by molar-refractivity contribution is 0.269. The van der Waals surface area contributed by atoms with E-state index in [9.17, 15) is 0 Å². The van der Waals surface area contributed by atoms with Gasteiger partial charge in [0.1, 0.15) is 11.9 Å². The highest BCUT2D eigenvalue weighted by Gasteiger charge is 2.32. The lowest BCUT2D eigenvalue weighted by atomic mass is 9.84. The summed E-state index contributed by atoms with van der Waals surface area (Å²) < 4.78 is 6.22. The Kier molecular flexibility index (Phi) is 4.04. The summed E-state index contributed by atoms with van der Waals surface area (Å²) in [6, 6.07) is 35.1. The highest BCUT2D eigenvalue weighted by atomic mass is 16.5. The second-order valence-electron chi connectivity index (χ2n) is 8.84. The van der Waals surface area contributed by atoms with Crippen LogP contribution in [0.4, 0.5) is 0 Å². The van der Waals surface area contributed by atoms with Gasteiger partial charge in [0.15, 0.2) is 0 Å². The second-order valence-corrected chi connectivity index (χ2v) is 8.84. The maximum atomic E-state index is 6.22. The summed E-state index contributed by atoms with van der Waals surface area (Å²) >= 11 is 0. The molecular weight excluding hydrogens is 400 g/mol. The van der Waals surface area contributed by atoms with Crippen molar-refractivity contribution in [3.8, 4) is 28.0 Å². The van der Waals surface area contributed by atoms with E-state index in [1.807, 2.05) is 0 Å². The molecule has 2 aliphatic rings. The third kappa shape index (κ3) is 2.79. The molecular formula is C32H22O. The molecule has 5 aromatic rings. The van der Waals surface area contributed by atoms with Gasteiger partial charge in [0, 0.05) is 11.5 Å². The Balaban J connectivity index is 1.55. The fourth-order valence-corrected chi connectivity index (χ4v) is 5.55. The maximum absolute atomic E-state index is 6.22. The number of hydrogen-bond donors (Lipinski definition) is 0. The molecule has 1 heterocycles. The molecule has 2 atom stereocenters. The molecule has 2 unspecified atom stereocenters. The molecule has 0 fully saturated rings. The van der Waals surface area contributed by atoms with Crippen LogP contribution < -0.4 is 4.74 Å². The summed E-state index contributed by atoms with van der Waals surface area (Å²) in [6.45, 7) is 0. The van der Waals surface area contributed by atoms with Crippen LogP contribution in [-0.4, -0.2) is 6.10 Å². The molecule has 7 rings (SSSR count). The zero-order valence-electron chi connectivity index (χ0n) is 18.1. The van der Waals surface area contributed by atoms with Crippen LogP contribution in [0.2, 0.25) is 0 Å². The van der Waals surface area contributed by atoms with E-state index < -0.39 is 0 Å². The molecule has 0 bridgehead atoms. The van der Waals surface area contributed by atoms with Crippen molar-refractivity contribution in [2.24, 2.45) is 0 Å². The van der Waals surface area contributed by atoms with Gasteiger partial charge in [-0.25, -0.2) is 0 Å². The van der Waals surface area contributed by atoms with Gasteiger partial charge in [0.25, 0.3) is 0 Å². The zero-order chi connectivity index (χ0) is 21.8. The van der Waals surface area contributed by atoms with Crippen molar-refractivity contribution in [2.75, 3.05) is 0 Å². The smallest absolute Gasteiger partial charge is 0.128 e. The maximum Gasteiger partial charge on any atom is 0.128 e. The number of fused-ring (bicyclic) bond motifs is 5. The number of rotatable bonds is 2. The Morgan fingerprint density at radius 2 is 1.09 bits per heavy atom. The quantitative estimate of drug-likeness (QED) is 0.260. The Hall–Kier alpha value is -4.10. The third-order valence-corrected chi connectivity index (χ3v) is 7.00. The first-order valence-electron chi connectivity index (χ1n) is 11.5. The van der Waals surface area contributed by atoms with Crippen molar-refractivity contribution in [2.45, 2.75) is 12.0 Å². The van der Waals surface area contributed by atoms with Gasteiger partial charge >= 0.3 is 0 Å². The van der Waals surface area contributed by atoms with Crippen LogP contribution in [0.15, 0.2) is 121 Å². The molecule has 0 amide bonds. The number of allylic oxidation sites excluding steroid dienone is 2. The number of hydrogen-bond acceptors (Lipinski definition) is 1. The average molecular weight is 423 g/mol. The summed E-state index contributed by atoms with van der Waals surface area (Å²) in [5, 5.41) is 5.13. The average Bonchev–Trinajstić information content (AvgIpc) is 3.25.